The molecule has 0 fully saturated rings. The molecule has 0 aromatic carbocycles. The molecule has 0 atom stereocenters. The minimum atomic E-state index is -1.50. The molecule has 0 unspecified atom stereocenters. The number of oxime groups is 1. The summed E-state index contributed by atoms with van der Waals surface area (Å²) < 4.78 is 9.34. The standard InChI is InChI=1S/C7H7NO4.C6H4O4.CH5NO.ClH/c1-11-8-6(7(9)10)5-3-2-4-12-5;7-5(6(8)9)4-2-1-3-10-4;1-3-2;/h2-4H,1H3,(H,9,10);1-3H,(H,8,9);2H2,1H3;1H/b8-6+;;;. The van der Waals surface area contributed by atoms with Gasteiger partial charge in [-0.2, -0.15) is 0 Å². The average Bonchev–Trinajstić information content (AvgIpc) is 3.26. The Hall–Kier alpha value is -3.15. The first-order chi connectivity index (χ1) is 11.9. The molecule has 0 aliphatic heterocycles. The Morgan fingerprint density at radius 3 is 1.77 bits per heavy atom. The van der Waals surface area contributed by atoms with Crippen molar-refractivity contribution in [3.63, 3.8) is 0 Å². The number of nitrogens with zero attached hydrogens (tertiary/aromatic N) is 1. The lowest BCUT2D eigenvalue weighted by atomic mass is 10.3. The molecule has 4 N–H and O–H groups in total. The molecule has 0 bridgehead atoms. The first kappa shape index (κ1) is 25.1. The van der Waals surface area contributed by atoms with E-state index in [1.807, 2.05) is 0 Å². The van der Waals surface area contributed by atoms with Crippen LogP contribution in [0.25, 0.3) is 0 Å². The summed E-state index contributed by atoms with van der Waals surface area (Å²) in [6.45, 7) is 0. The Balaban J connectivity index is 0. The van der Waals surface area contributed by atoms with E-state index in [1.54, 1.807) is 6.07 Å². The van der Waals surface area contributed by atoms with Gasteiger partial charge in [0, 0.05) is 0 Å². The highest BCUT2D eigenvalue weighted by Crippen LogP contribution is 2.03. The molecule has 11 nitrogen and oxygen atoms in total. The Kier molecular flexibility index (Phi) is 13.7. The Morgan fingerprint density at radius 1 is 1.00 bits per heavy atom. The topological polar surface area (TPSA) is 175 Å². The first-order valence-corrected chi connectivity index (χ1v) is 6.31. The summed E-state index contributed by atoms with van der Waals surface area (Å²) in [7, 11) is 2.67. The fraction of sp³-hybridized carbons (Fsp3) is 0.143. The number of carbonyl (C=O) groups is 3. The van der Waals surface area contributed by atoms with Crippen LogP contribution in [0.15, 0.2) is 50.8 Å². The summed E-state index contributed by atoms with van der Waals surface area (Å²) in [5.74, 6) is 0.656. The smallest absolute Gasteiger partial charge is 0.380 e. The molecule has 0 aliphatic rings. The van der Waals surface area contributed by atoms with E-state index in [4.69, 9.17) is 14.6 Å². The molecule has 0 spiro atoms. The number of carbonyl (C=O) groups excluding carboxylic acids is 1. The SMILES string of the molecule is CO/N=C(/C(=O)O)c1ccco1.CON.Cl.O=C(O)C(=O)c1ccco1. The molecule has 0 saturated heterocycles. The van der Waals surface area contributed by atoms with Crippen molar-refractivity contribution in [1.82, 2.24) is 0 Å². The molecule has 26 heavy (non-hydrogen) atoms. The highest BCUT2D eigenvalue weighted by atomic mass is 35.5. The van der Waals surface area contributed by atoms with Gasteiger partial charge in [-0.15, -0.1) is 12.4 Å². The van der Waals surface area contributed by atoms with Crippen molar-refractivity contribution in [2.24, 2.45) is 11.1 Å². The van der Waals surface area contributed by atoms with Crippen LogP contribution < -0.4 is 5.90 Å². The number of hydrogen-bond donors (Lipinski definition) is 3. The number of nitrogens with two attached hydrogens (primary N) is 1. The lowest BCUT2D eigenvalue weighted by Crippen LogP contribution is -2.13. The molecule has 2 heterocycles. The molecule has 2 aromatic rings. The highest BCUT2D eigenvalue weighted by molar-refractivity contribution is 6.41. The molecule has 0 radical (unpaired) electrons. The molecule has 144 valence electrons. The van der Waals surface area contributed by atoms with Crippen LogP contribution in [0.2, 0.25) is 0 Å². The van der Waals surface area contributed by atoms with Gasteiger partial charge in [0.05, 0.1) is 19.6 Å². The van der Waals surface area contributed by atoms with Crippen molar-refractivity contribution in [2.75, 3.05) is 14.2 Å². The van der Waals surface area contributed by atoms with Crippen LogP contribution in [-0.4, -0.2) is 47.9 Å². The Morgan fingerprint density at radius 2 is 1.46 bits per heavy atom. The van der Waals surface area contributed by atoms with Gasteiger partial charge in [0.1, 0.15) is 7.11 Å². The van der Waals surface area contributed by atoms with Gasteiger partial charge in [0.2, 0.25) is 5.71 Å². The number of rotatable bonds is 5. The number of Topliss-reactive ketones (excluding diaryl/α,β-unsaturated/α-hetero) is 1. The molecule has 2 aromatic heterocycles. The molecular formula is C14H17ClN2O9. The minimum Gasteiger partial charge on any atom is -0.476 e. The van der Waals surface area contributed by atoms with Crippen LogP contribution in [0.4, 0.5) is 0 Å². The zero-order valence-corrected chi connectivity index (χ0v) is 14.5. The highest BCUT2D eigenvalue weighted by Gasteiger charge is 2.16. The van der Waals surface area contributed by atoms with Crippen molar-refractivity contribution < 1.29 is 43.1 Å². The maximum Gasteiger partial charge on any atom is 0.380 e. The van der Waals surface area contributed by atoms with Gasteiger partial charge in [-0.25, -0.2) is 15.5 Å². The predicted octanol–water partition coefficient (Wildman–Crippen LogP) is 1.19. The quantitative estimate of drug-likeness (QED) is 0.290. The monoisotopic (exact) mass is 392 g/mol. The van der Waals surface area contributed by atoms with Crippen LogP contribution in [0.3, 0.4) is 0 Å². The van der Waals surface area contributed by atoms with Gasteiger partial charge in [0.25, 0.3) is 0 Å². The van der Waals surface area contributed by atoms with E-state index in [0.717, 1.165) is 0 Å². The summed E-state index contributed by atoms with van der Waals surface area (Å²) in [6, 6.07) is 5.82. The molecule has 12 heteroatoms. The summed E-state index contributed by atoms with van der Waals surface area (Å²) in [4.78, 5) is 39.1. The maximum atomic E-state index is 10.5. The molecule has 0 aliphatic carbocycles. The third-order valence-electron chi connectivity index (χ3n) is 2.08. The van der Waals surface area contributed by atoms with Crippen LogP contribution in [-0.2, 0) is 19.3 Å². The third-order valence-corrected chi connectivity index (χ3v) is 2.08. The number of hydrogen-bond acceptors (Lipinski definition) is 9. The summed E-state index contributed by atoms with van der Waals surface area (Å²) >= 11 is 0. The van der Waals surface area contributed by atoms with Crippen LogP contribution in [0.5, 0.6) is 0 Å². The third kappa shape index (κ3) is 9.22. The van der Waals surface area contributed by atoms with Crippen molar-refractivity contribution >= 4 is 35.8 Å². The van der Waals surface area contributed by atoms with Gasteiger partial charge in [-0.3, -0.25) is 4.79 Å². The lowest BCUT2D eigenvalue weighted by Gasteiger charge is -1.94. The summed E-state index contributed by atoms with van der Waals surface area (Å²) in [5.41, 5.74) is -0.248. The van der Waals surface area contributed by atoms with Gasteiger partial charge < -0.3 is 28.7 Å². The fourth-order valence-electron chi connectivity index (χ4n) is 1.21. The van der Waals surface area contributed by atoms with Crippen LogP contribution in [0.1, 0.15) is 16.3 Å². The maximum absolute atomic E-state index is 10.5. The van der Waals surface area contributed by atoms with Gasteiger partial charge >= 0.3 is 17.7 Å². The van der Waals surface area contributed by atoms with E-state index in [0.29, 0.717) is 0 Å². The van der Waals surface area contributed by atoms with Crippen molar-refractivity contribution in [2.45, 2.75) is 0 Å². The molecular weight excluding hydrogens is 376 g/mol. The largest absolute Gasteiger partial charge is 0.476 e. The van der Waals surface area contributed by atoms with Gasteiger partial charge in [-0.05, 0) is 24.3 Å². The minimum absolute atomic E-state index is 0. The van der Waals surface area contributed by atoms with Crippen molar-refractivity contribution in [1.29, 1.82) is 0 Å². The Bertz CT molecular complexity index is 681. The summed E-state index contributed by atoms with van der Waals surface area (Å²) in [6.07, 6.45) is 2.61. The first-order valence-electron chi connectivity index (χ1n) is 6.31. The zero-order valence-electron chi connectivity index (χ0n) is 13.6. The molecule has 0 amide bonds. The van der Waals surface area contributed by atoms with Crippen molar-refractivity contribution in [3.8, 4) is 0 Å². The number of furan rings is 2. The van der Waals surface area contributed by atoms with E-state index in [1.165, 1.54) is 44.9 Å². The number of halogens is 1. The number of carboxylic acid groups (broad SMARTS) is 2. The molecule has 0 saturated carbocycles. The number of carboxylic acids is 2. The lowest BCUT2D eigenvalue weighted by molar-refractivity contribution is -0.132. The summed E-state index contributed by atoms with van der Waals surface area (Å²) in [5, 5.41) is 20.0. The molecule has 2 rings (SSSR count). The second kappa shape index (κ2) is 14.2. The average molecular weight is 393 g/mol. The van der Waals surface area contributed by atoms with Crippen molar-refractivity contribution in [3.05, 3.63) is 48.3 Å². The second-order valence-corrected chi connectivity index (χ2v) is 3.75. The van der Waals surface area contributed by atoms with Gasteiger partial charge in [-0.1, -0.05) is 5.16 Å². The predicted molar refractivity (Wildman–Crippen MR) is 89.0 cm³/mol. The second-order valence-electron chi connectivity index (χ2n) is 3.75. The number of aliphatic carboxylic acids is 2. The van der Waals surface area contributed by atoms with E-state index in [9.17, 15) is 14.4 Å². The number of ketones is 1. The zero-order chi connectivity index (χ0) is 19.2. The van der Waals surface area contributed by atoms with E-state index >= 15 is 0 Å². The Labute approximate surface area is 153 Å². The van der Waals surface area contributed by atoms with Crippen LogP contribution >= 0.6 is 12.4 Å². The fourth-order valence-corrected chi connectivity index (χ4v) is 1.21. The van der Waals surface area contributed by atoms with E-state index in [-0.39, 0.29) is 29.6 Å². The van der Waals surface area contributed by atoms with Crippen LogP contribution in [0, 0.1) is 0 Å². The van der Waals surface area contributed by atoms with E-state index < -0.39 is 17.7 Å². The van der Waals surface area contributed by atoms with Gasteiger partial charge in [0.15, 0.2) is 11.5 Å². The normalized spacial score (nSPS) is 9.42. The van der Waals surface area contributed by atoms with E-state index in [2.05, 4.69) is 25.1 Å².